The Hall–Kier alpha value is -2.95. The molecule has 0 atom stereocenters. The number of amides is 1. The lowest BCUT2D eigenvalue weighted by atomic mass is 10.1. The molecule has 0 aromatic heterocycles. The van der Waals surface area contributed by atoms with E-state index in [9.17, 15) is 14.4 Å². The lowest BCUT2D eigenvalue weighted by Crippen LogP contribution is -2.24. The fourth-order valence-corrected chi connectivity index (χ4v) is 2.09. The SMILES string of the molecule is COC(=O)c1ccccc1NC(=O)C(=O)CCc1ccccc1. The Balaban J connectivity index is 1.99. The molecule has 0 saturated heterocycles. The number of aryl methyl sites for hydroxylation is 1. The first-order valence-corrected chi connectivity index (χ1v) is 7.17. The van der Waals surface area contributed by atoms with Gasteiger partial charge in [-0.25, -0.2) is 4.79 Å². The van der Waals surface area contributed by atoms with E-state index in [1.54, 1.807) is 18.2 Å². The maximum atomic E-state index is 12.0. The molecule has 0 unspecified atom stereocenters. The van der Waals surface area contributed by atoms with E-state index in [1.165, 1.54) is 13.2 Å². The number of ether oxygens (including phenoxy) is 1. The number of esters is 1. The van der Waals surface area contributed by atoms with Crippen molar-refractivity contribution in [3.05, 3.63) is 65.7 Å². The van der Waals surface area contributed by atoms with Gasteiger partial charge in [-0.05, 0) is 24.1 Å². The van der Waals surface area contributed by atoms with Crippen LogP contribution in [0.25, 0.3) is 0 Å². The van der Waals surface area contributed by atoms with Crippen LogP contribution in [-0.4, -0.2) is 24.8 Å². The van der Waals surface area contributed by atoms with Gasteiger partial charge in [0.1, 0.15) is 0 Å². The first-order valence-electron chi connectivity index (χ1n) is 7.17. The topological polar surface area (TPSA) is 72.5 Å². The summed E-state index contributed by atoms with van der Waals surface area (Å²) in [6.45, 7) is 0. The van der Waals surface area contributed by atoms with Crippen LogP contribution in [0.1, 0.15) is 22.3 Å². The number of ketones is 1. The van der Waals surface area contributed by atoms with Crippen LogP contribution < -0.4 is 5.32 Å². The summed E-state index contributed by atoms with van der Waals surface area (Å²) in [5.41, 5.74) is 1.46. The van der Waals surface area contributed by atoms with Crippen LogP contribution in [0.5, 0.6) is 0 Å². The highest BCUT2D eigenvalue weighted by atomic mass is 16.5. The largest absolute Gasteiger partial charge is 0.465 e. The normalized spacial score (nSPS) is 9.96. The van der Waals surface area contributed by atoms with Crippen LogP contribution in [0.3, 0.4) is 0 Å². The number of nitrogens with one attached hydrogen (secondary N) is 1. The number of anilines is 1. The van der Waals surface area contributed by atoms with Gasteiger partial charge in [0.05, 0.1) is 18.4 Å². The summed E-state index contributed by atoms with van der Waals surface area (Å²) in [4.78, 5) is 35.6. The number of rotatable bonds is 6. The average Bonchev–Trinajstić information content (AvgIpc) is 2.60. The molecule has 0 saturated carbocycles. The third kappa shape index (κ3) is 4.51. The fourth-order valence-electron chi connectivity index (χ4n) is 2.09. The first kappa shape index (κ1) is 16.4. The van der Waals surface area contributed by atoms with Crippen LogP contribution in [-0.2, 0) is 20.7 Å². The predicted molar refractivity (Wildman–Crippen MR) is 86.2 cm³/mol. The fraction of sp³-hybridized carbons (Fsp3) is 0.167. The molecule has 0 aliphatic heterocycles. The zero-order valence-corrected chi connectivity index (χ0v) is 12.7. The second-order valence-corrected chi connectivity index (χ2v) is 4.90. The van der Waals surface area contributed by atoms with E-state index in [0.717, 1.165) is 5.56 Å². The van der Waals surface area contributed by atoms with Crippen LogP contribution >= 0.6 is 0 Å². The summed E-state index contributed by atoms with van der Waals surface area (Å²) in [7, 11) is 1.26. The van der Waals surface area contributed by atoms with Gasteiger partial charge in [-0.15, -0.1) is 0 Å². The Kier molecular flexibility index (Phi) is 5.63. The molecule has 1 amide bonds. The number of carbonyl (C=O) groups excluding carboxylic acids is 3. The first-order chi connectivity index (χ1) is 11.1. The van der Waals surface area contributed by atoms with Crippen LogP contribution in [0.2, 0.25) is 0 Å². The Morgan fingerprint density at radius 2 is 1.61 bits per heavy atom. The summed E-state index contributed by atoms with van der Waals surface area (Å²) in [5, 5.41) is 2.47. The number of hydrogen-bond donors (Lipinski definition) is 1. The third-order valence-corrected chi connectivity index (χ3v) is 3.32. The number of carbonyl (C=O) groups is 3. The van der Waals surface area contributed by atoms with E-state index in [0.29, 0.717) is 6.42 Å². The van der Waals surface area contributed by atoms with Gasteiger partial charge in [-0.1, -0.05) is 42.5 Å². The Morgan fingerprint density at radius 3 is 2.30 bits per heavy atom. The molecule has 0 bridgehead atoms. The number of Topliss-reactive ketones (excluding diaryl/α,β-unsaturated/α-hetero) is 1. The number of para-hydroxylation sites is 1. The van der Waals surface area contributed by atoms with Crippen molar-refractivity contribution in [2.75, 3.05) is 12.4 Å². The molecule has 118 valence electrons. The van der Waals surface area contributed by atoms with E-state index < -0.39 is 17.7 Å². The van der Waals surface area contributed by atoms with Crippen molar-refractivity contribution in [3.8, 4) is 0 Å². The second-order valence-electron chi connectivity index (χ2n) is 4.90. The average molecular weight is 311 g/mol. The molecular formula is C18H17NO4. The van der Waals surface area contributed by atoms with E-state index in [4.69, 9.17) is 0 Å². The maximum absolute atomic E-state index is 12.0. The molecule has 0 spiro atoms. The summed E-state index contributed by atoms with van der Waals surface area (Å²) in [6.07, 6.45) is 0.599. The van der Waals surface area contributed by atoms with Crippen LogP contribution in [0, 0.1) is 0 Å². The molecule has 2 aromatic rings. The monoisotopic (exact) mass is 311 g/mol. The van der Waals surface area contributed by atoms with E-state index in [-0.39, 0.29) is 17.7 Å². The number of methoxy groups -OCH3 is 1. The summed E-state index contributed by atoms with van der Waals surface area (Å²) in [5.74, 6) is -1.84. The lowest BCUT2D eigenvalue weighted by Gasteiger charge is -2.09. The summed E-state index contributed by atoms with van der Waals surface area (Å²) >= 11 is 0. The Bertz CT molecular complexity index is 710. The van der Waals surface area contributed by atoms with E-state index in [2.05, 4.69) is 10.1 Å². The molecule has 0 fully saturated rings. The van der Waals surface area contributed by atoms with Crippen molar-refractivity contribution < 1.29 is 19.1 Å². The zero-order valence-electron chi connectivity index (χ0n) is 12.7. The Morgan fingerprint density at radius 1 is 0.957 bits per heavy atom. The predicted octanol–water partition coefficient (Wildman–Crippen LogP) is 2.61. The molecule has 0 radical (unpaired) electrons. The number of benzene rings is 2. The van der Waals surface area contributed by atoms with Crippen molar-refractivity contribution in [1.29, 1.82) is 0 Å². The van der Waals surface area contributed by atoms with Crippen LogP contribution in [0.15, 0.2) is 54.6 Å². The lowest BCUT2D eigenvalue weighted by molar-refractivity contribution is -0.134. The smallest absolute Gasteiger partial charge is 0.339 e. The molecule has 1 N–H and O–H groups in total. The van der Waals surface area contributed by atoms with Crippen molar-refractivity contribution in [3.63, 3.8) is 0 Å². The van der Waals surface area contributed by atoms with Crippen molar-refractivity contribution in [2.24, 2.45) is 0 Å². The van der Waals surface area contributed by atoms with Crippen LogP contribution in [0.4, 0.5) is 5.69 Å². The van der Waals surface area contributed by atoms with Gasteiger partial charge in [0.25, 0.3) is 5.91 Å². The Labute approximate surface area is 134 Å². The number of hydrogen-bond acceptors (Lipinski definition) is 4. The molecule has 5 nitrogen and oxygen atoms in total. The quantitative estimate of drug-likeness (QED) is 0.657. The van der Waals surface area contributed by atoms with Gasteiger partial charge in [-0.2, -0.15) is 0 Å². The molecule has 0 heterocycles. The minimum Gasteiger partial charge on any atom is -0.465 e. The van der Waals surface area contributed by atoms with Crippen molar-refractivity contribution >= 4 is 23.3 Å². The maximum Gasteiger partial charge on any atom is 0.339 e. The van der Waals surface area contributed by atoms with Gasteiger partial charge in [0.2, 0.25) is 5.78 Å². The third-order valence-electron chi connectivity index (χ3n) is 3.32. The van der Waals surface area contributed by atoms with E-state index in [1.807, 2.05) is 30.3 Å². The van der Waals surface area contributed by atoms with Crippen molar-refractivity contribution in [2.45, 2.75) is 12.8 Å². The molecular weight excluding hydrogens is 294 g/mol. The molecule has 23 heavy (non-hydrogen) atoms. The van der Waals surface area contributed by atoms with Gasteiger partial charge in [0.15, 0.2) is 0 Å². The standard InChI is InChI=1S/C18H17NO4/c1-23-18(22)14-9-5-6-10-15(14)19-17(21)16(20)12-11-13-7-3-2-4-8-13/h2-10H,11-12H2,1H3,(H,19,21). The minimum absolute atomic E-state index is 0.107. The molecule has 0 aliphatic rings. The van der Waals surface area contributed by atoms with Crippen molar-refractivity contribution in [1.82, 2.24) is 0 Å². The summed E-state index contributed by atoms with van der Waals surface area (Å²) in [6, 6.07) is 15.8. The molecule has 0 aliphatic carbocycles. The second kappa shape index (κ2) is 7.89. The van der Waals surface area contributed by atoms with Gasteiger partial charge in [-0.3, -0.25) is 9.59 Å². The van der Waals surface area contributed by atoms with Gasteiger partial charge < -0.3 is 10.1 Å². The highest BCUT2D eigenvalue weighted by Gasteiger charge is 2.17. The molecule has 2 aromatic carbocycles. The molecule has 5 heteroatoms. The van der Waals surface area contributed by atoms with Gasteiger partial charge >= 0.3 is 5.97 Å². The minimum atomic E-state index is -0.739. The molecule has 2 rings (SSSR count). The van der Waals surface area contributed by atoms with E-state index >= 15 is 0 Å². The summed E-state index contributed by atoms with van der Waals surface area (Å²) < 4.78 is 4.65. The highest BCUT2D eigenvalue weighted by molar-refractivity contribution is 6.40. The highest BCUT2D eigenvalue weighted by Crippen LogP contribution is 2.16. The van der Waals surface area contributed by atoms with Gasteiger partial charge in [0, 0.05) is 6.42 Å². The zero-order chi connectivity index (χ0) is 16.7.